The van der Waals surface area contributed by atoms with E-state index < -0.39 is 0 Å². The lowest BCUT2D eigenvalue weighted by atomic mass is 10.1. The highest BCUT2D eigenvalue weighted by atomic mass is 19.1. The highest BCUT2D eigenvalue weighted by molar-refractivity contribution is 5.93. The van der Waals surface area contributed by atoms with E-state index in [1.807, 2.05) is 36.4 Å². The van der Waals surface area contributed by atoms with Gasteiger partial charge in [-0.25, -0.2) is 9.37 Å². The number of rotatable bonds is 4. The SMILES string of the molecule is O=C(C=Cc1ccc(-n2ccnc2)c(F)c1)NC1c2ccccc2-c2ccccc21. The first kappa shape index (κ1) is 18.1. The summed E-state index contributed by atoms with van der Waals surface area (Å²) < 4.78 is 16.0. The Bertz CT molecular complexity index is 1220. The van der Waals surface area contributed by atoms with Crippen molar-refractivity contribution in [3.63, 3.8) is 0 Å². The van der Waals surface area contributed by atoms with Crippen LogP contribution in [0.2, 0.25) is 0 Å². The number of halogens is 1. The Balaban J connectivity index is 1.36. The molecule has 4 aromatic rings. The lowest BCUT2D eigenvalue weighted by molar-refractivity contribution is -0.116. The second-order valence-corrected chi connectivity index (χ2v) is 7.13. The van der Waals surface area contributed by atoms with Crippen LogP contribution in [0, 0.1) is 5.82 Å². The summed E-state index contributed by atoms with van der Waals surface area (Å²) in [6.45, 7) is 0. The summed E-state index contributed by atoms with van der Waals surface area (Å²) in [4.78, 5) is 16.6. The van der Waals surface area contributed by atoms with Crippen molar-refractivity contribution in [2.75, 3.05) is 0 Å². The third kappa shape index (κ3) is 3.20. The number of imidazole rings is 1. The zero-order chi connectivity index (χ0) is 20.5. The fourth-order valence-electron chi connectivity index (χ4n) is 3.91. The number of nitrogens with zero attached hydrogens (tertiary/aromatic N) is 2. The van der Waals surface area contributed by atoms with E-state index in [2.05, 4.69) is 22.4 Å². The number of aromatic nitrogens is 2. The Hall–Kier alpha value is -3.99. The van der Waals surface area contributed by atoms with Crippen LogP contribution in [-0.2, 0) is 4.79 Å². The lowest BCUT2D eigenvalue weighted by Gasteiger charge is -2.14. The number of carbonyl (C=O) groups excluding carboxylic acids is 1. The molecule has 1 amide bonds. The summed E-state index contributed by atoms with van der Waals surface area (Å²) in [5, 5.41) is 3.08. The molecule has 0 aliphatic heterocycles. The molecule has 0 atom stereocenters. The standard InChI is InChI=1S/C25H18FN3O/c26-22-15-17(9-11-23(22)29-14-13-27-16-29)10-12-24(30)28-25-20-7-3-1-5-18(20)19-6-2-4-8-21(19)25/h1-16,25H,(H,28,30). The molecule has 1 aromatic heterocycles. The predicted octanol–water partition coefficient (Wildman–Crippen LogP) is 4.91. The first-order chi connectivity index (χ1) is 14.7. The second kappa shape index (κ2) is 7.44. The van der Waals surface area contributed by atoms with Crippen molar-refractivity contribution in [3.05, 3.63) is 114 Å². The van der Waals surface area contributed by atoms with Crippen molar-refractivity contribution in [2.24, 2.45) is 0 Å². The van der Waals surface area contributed by atoms with Gasteiger partial charge in [-0.2, -0.15) is 0 Å². The maximum absolute atomic E-state index is 14.4. The maximum atomic E-state index is 14.4. The molecule has 30 heavy (non-hydrogen) atoms. The van der Waals surface area contributed by atoms with E-state index in [1.165, 1.54) is 12.1 Å². The van der Waals surface area contributed by atoms with E-state index in [9.17, 15) is 9.18 Å². The molecule has 0 spiro atoms. The number of hydrogen-bond acceptors (Lipinski definition) is 2. The summed E-state index contributed by atoms with van der Waals surface area (Å²) in [5.41, 5.74) is 5.46. The van der Waals surface area contributed by atoms with Gasteiger partial charge in [-0.1, -0.05) is 54.6 Å². The second-order valence-electron chi connectivity index (χ2n) is 7.13. The van der Waals surface area contributed by atoms with E-state index in [1.54, 1.807) is 41.5 Å². The van der Waals surface area contributed by atoms with E-state index in [4.69, 9.17) is 0 Å². The van der Waals surface area contributed by atoms with Crippen LogP contribution in [0.15, 0.2) is 91.5 Å². The Morgan fingerprint density at radius 3 is 2.33 bits per heavy atom. The van der Waals surface area contributed by atoms with Gasteiger partial charge in [-0.15, -0.1) is 0 Å². The van der Waals surface area contributed by atoms with Gasteiger partial charge in [0.15, 0.2) is 0 Å². The van der Waals surface area contributed by atoms with Crippen LogP contribution in [0.1, 0.15) is 22.7 Å². The minimum absolute atomic E-state index is 0.199. The average Bonchev–Trinajstić information content (AvgIpc) is 3.40. The molecule has 0 radical (unpaired) electrons. The molecule has 0 saturated carbocycles. The van der Waals surface area contributed by atoms with E-state index in [0.29, 0.717) is 11.3 Å². The number of nitrogens with one attached hydrogen (secondary N) is 1. The highest BCUT2D eigenvalue weighted by Gasteiger charge is 2.28. The van der Waals surface area contributed by atoms with Gasteiger partial charge >= 0.3 is 0 Å². The van der Waals surface area contributed by atoms with Crippen molar-refractivity contribution in [3.8, 4) is 16.8 Å². The van der Waals surface area contributed by atoms with Gasteiger partial charge in [0.25, 0.3) is 0 Å². The monoisotopic (exact) mass is 395 g/mol. The summed E-state index contributed by atoms with van der Waals surface area (Å²) in [5.74, 6) is -0.611. The van der Waals surface area contributed by atoms with Crippen molar-refractivity contribution in [2.45, 2.75) is 6.04 Å². The van der Waals surface area contributed by atoms with Crippen molar-refractivity contribution in [1.29, 1.82) is 0 Å². The van der Waals surface area contributed by atoms with Crippen LogP contribution >= 0.6 is 0 Å². The van der Waals surface area contributed by atoms with E-state index in [-0.39, 0.29) is 17.8 Å². The summed E-state index contributed by atoms with van der Waals surface area (Å²) in [6.07, 6.45) is 7.87. The van der Waals surface area contributed by atoms with Crippen molar-refractivity contribution < 1.29 is 9.18 Å². The molecule has 146 valence electrons. The third-order valence-electron chi connectivity index (χ3n) is 5.30. The molecule has 1 aliphatic carbocycles. The predicted molar refractivity (Wildman–Crippen MR) is 114 cm³/mol. The number of amides is 1. The van der Waals surface area contributed by atoms with Gasteiger partial charge < -0.3 is 9.88 Å². The molecule has 0 unspecified atom stereocenters. The number of hydrogen-bond donors (Lipinski definition) is 1. The molecular weight excluding hydrogens is 377 g/mol. The number of benzene rings is 3. The van der Waals surface area contributed by atoms with Gasteiger partial charge in [0.2, 0.25) is 5.91 Å². The smallest absolute Gasteiger partial charge is 0.244 e. The van der Waals surface area contributed by atoms with Crippen LogP contribution in [0.5, 0.6) is 0 Å². The summed E-state index contributed by atoms with van der Waals surface area (Å²) >= 11 is 0. The van der Waals surface area contributed by atoms with Crippen molar-refractivity contribution >= 4 is 12.0 Å². The molecule has 3 aromatic carbocycles. The lowest BCUT2D eigenvalue weighted by Crippen LogP contribution is -2.26. The Labute approximate surface area is 173 Å². The van der Waals surface area contributed by atoms with Crippen molar-refractivity contribution in [1.82, 2.24) is 14.9 Å². The number of fused-ring (bicyclic) bond motifs is 3. The first-order valence-corrected chi connectivity index (χ1v) is 9.65. The van der Waals surface area contributed by atoms with E-state index in [0.717, 1.165) is 22.3 Å². The highest BCUT2D eigenvalue weighted by Crippen LogP contribution is 2.42. The molecule has 5 rings (SSSR count). The number of carbonyl (C=O) groups is 1. The van der Waals surface area contributed by atoms with Crippen LogP contribution in [0.3, 0.4) is 0 Å². The van der Waals surface area contributed by atoms with Gasteiger partial charge in [-0.05, 0) is 46.0 Å². The van der Waals surface area contributed by atoms with Gasteiger partial charge in [-0.3, -0.25) is 4.79 Å². The minimum atomic E-state index is -0.380. The Morgan fingerprint density at radius 1 is 1.00 bits per heavy atom. The molecular formula is C25H18FN3O. The molecule has 5 heteroatoms. The van der Waals surface area contributed by atoms with Crippen LogP contribution in [-0.4, -0.2) is 15.5 Å². The average molecular weight is 395 g/mol. The minimum Gasteiger partial charge on any atom is -0.342 e. The van der Waals surface area contributed by atoms with E-state index >= 15 is 0 Å². The van der Waals surface area contributed by atoms with Crippen LogP contribution < -0.4 is 5.32 Å². The van der Waals surface area contributed by atoms with Gasteiger partial charge in [0.05, 0.1) is 18.1 Å². The molecule has 1 N–H and O–H groups in total. The summed E-state index contributed by atoms with van der Waals surface area (Å²) in [6, 6.07) is 20.8. The van der Waals surface area contributed by atoms with Gasteiger partial charge in [0, 0.05) is 18.5 Å². The molecule has 0 bridgehead atoms. The zero-order valence-electron chi connectivity index (χ0n) is 16.0. The zero-order valence-corrected chi connectivity index (χ0v) is 16.0. The molecule has 0 fully saturated rings. The fourth-order valence-corrected chi connectivity index (χ4v) is 3.91. The quantitative estimate of drug-likeness (QED) is 0.499. The first-order valence-electron chi connectivity index (χ1n) is 9.65. The normalized spacial score (nSPS) is 12.7. The molecule has 0 saturated heterocycles. The van der Waals surface area contributed by atoms with Gasteiger partial charge in [0.1, 0.15) is 5.82 Å². The largest absolute Gasteiger partial charge is 0.342 e. The van der Waals surface area contributed by atoms with Crippen LogP contribution in [0.4, 0.5) is 4.39 Å². The topological polar surface area (TPSA) is 46.9 Å². The Kier molecular flexibility index (Phi) is 4.48. The molecule has 4 nitrogen and oxygen atoms in total. The van der Waals surface area contributed by atoms with Crippen LogP contribution in [0.25, 0.3) is 22.9 Å². The summed E-state index contributed by atoms with van der Waals surface area (Å²) in [7, 11) is 0. The maximum Gasteiger partial charge on any atom is 0.244 e. The fraction of sp³-hybridized carbons (Fsp3) is 0.0400. The third-order valence-corrected chi connectivity index (χ3v) is 5.30. The molecule has 1 aliphatic rings. The molecule has 1 heterocycles. The Morgan fingerprint density at radius 2 is 1.70 bits per heavy atom.